The average molecular weight is 293 g/mol. The predicted molar refractivity (Wildman–Crippen MR) is 56.0 cm³/mol. The van der Waals surface area contributed by atoms with E-state index < -0.39 is 13.2 Å². The summed E-state index contributed by atoms with van der Waals surface area (Å²) in [5.74, 6) is 0. The van der Waals surface area contributed by atoms with Crippen molar-refractivity contribution in [1.29, 1.82) is 0 Å². The molecule has 0 rings (SSSR count). The van der Waals surface area contributed by atoms with Crippen LogP contribution >= 0.6 is 0 Å². The van der Waals surface area contributed by atoms with E-state index in [2.05, 4.69) is 27.7 Å². The van der Waals surface area contributed by atoms with Gasteiger partial charge in [0.05, 0.1) is 0 Å². The van der Waals surface area contributed by atoms with E-state index in [9.17, 15) is 0 Å². The van der Waals surface area contributed by atoms with Gasteiger partial charge in [-0.1, -0.05) is 53.4 Å². The fourth-order valence-corrected chi connectivity index (χ4v) is 0. The summed E-state index contributed by atoms with van der Waals surface area (Å²) in [6, 6.07) is 0. The Balaban J connectivity index is -0.0000000450. The monoisotopic (exact) mass is 294 g/mol. The Kier molecular flexibility index (Phi) is 69.9. The Morgan fingerprint density at radius 3 is 1.00 bits per heavy atom. The summed E-state index contributed by atoms with van der Waals surface area (Å²) in [5.41, 5.74) is 0. The molecule has 0 aliphatic carbocycles. The summed E-state index contributed by atoms with van der Waals surface area (Å²) < 4.78 is 0. The Hall–Kier alpha value is 0.719. The molecule has 0 aromatic rings. The van der Waals surface area contributed by atoms with E-state index in [1.165, 1.54) is 12.8 Å². The number of rotatable bonds is 3. The molecular weight excluding hydrogens is 271 g/mol. The smallest absolute Gasteiger partial charge is 0.855 e. The van der Waals surface area contributed by atoms with Gasteiger partial charge in [-0.2, -0.15) is 13.2 Å². The van der Waals surface area contributed by atoms with Crippen molar-refractivity contribution in [2.45, 2.75) is 39.5 Å². The fraction of sp³-hybridized carbons (Fsp3) is 0.800. The molecule has 0 aliphatic heterocycles. The molecule has 2 nitrogen and oxygen atoms in total. The van der Waals surface area contributed by atoms with E-state index >= 15 is 0 Å². The van der Waals surface area contributed by atoms with Crippen LogP contribution in [-0.4, -0.2) is 37.1 Å². The van der Waals surface area contributed by atoms with Gasteiger partial charge in [0.25, 0.3) is 0 Å². The van der Waals surface area contributed by atoms with Crippen LogP contribution in [0.2, 0.25) is 0 Å². The minimum atomic E-state index is -0.486. The van der Waals surface area contributed by atoms with Crippen molar-refractivity contribution in [2.24, 2.45) is 0 Å². The zero-order valence-corrected chi connectivity index (χ0v) is 11.8. The van der Waals surface area contributed by atoms with Gasteiger partial charge in [0, 0.05) is 0 Å². The first-order valence-corrected chi connectivity index (χ1v) is 4.49. The molecule has 0 saturated heterocycles. The van der Waals surface area contributed by atoms with Crippen LogP contribution in [0.5, 0.6) is 0 Å². The van der Waals surface area contributed by atoms with Crippen molar-refractivity contribution >= 4 is 23.9 Å². The van der Waals surface area contributed by atoms with Gasteiger partial charge in [-0.3, -0.25) is 0 Å². The van der Waals surface area contributed by atoms with Gasteiger partial charge in [-0.15, -0.1) is 0 Å². The molecule has 0 saturated carbocycles. The molecule has 0 aromatic heterocycles. The second-order valence-corrected chi connectivity index (χ2v) is 2.12. The first kappa shape index (κ1) is 23.5. The van der Waals surface area contributed by atoms with Crippen molar-refractivity contribution in [1.82, 2.24) is 0 Å². The van der Waals surface area contributed by atoms with Gasteiger partial charge in [0.1, 0.15) is 0 Å². The maximum absolute atomic E-state index is 8.99. The predicted octanol–water partition coefficient (Wildman–Crippen LogP) is 0.567. The molecule has 0 atom stereocenters. The zero-order valence-electron chi connectivity index (χ0n) is 8.97. The second-order valence-electron chi connectivity index (χ2n) is 2.12. The molecule has 0 unspecified atom stereocenters. The van der Waals surface area contributed by atoms with Crippen LogP contribution in [0.3, 0.4) is 0 Å². The van der Waals surface area contributed by atoms with Crippen molar-refractivity contribution in [2.75, 3.05) is 13.2 Å². The quantitative estimate of drug-likeness (QED) is 0.714. The summed E-state index contributed by atoms with van der Waals surface area (Å²) in [6.07, 6.45) is 4.56. The van der Waals surface area contributed by atoms with E-state index in [-0.39, 0.29) is 23.9 Å². The summed E-state index contributed by atoms with van der Waals surface area (Å²) in [4.78, 5) is 0. The van der Waals surface area contributed by atoms with Crippen LogP contribution in [-0.2, 0) is 0 Å². The van der Waals surface area contributed by atoms with E-state index in [0.717, 1.165) is 12.8 Å². The molecule has 0 spiro atoms. The van der Waals surface area contributed by atoms with Crippen LogP contribution in [0.25, 0.3) is 0 Å². The standard InChI is InChI=1S/2C4H9.C2H4O2.Sn/c2*1-3-4-2;3-1-2-4;/h2*1,3-4H2,2H3;1-2H2;/q;;-2;+2. The van der Waals surface area contributed by atoms with Crippen LogP contribution in [0.1, 0.15) is 39.5 Å². The van der Waals surface area contributed by atoms with Gasteiger partial charge in [0.15, 0.2) is 0 Å². The zero-order chi connectivity index (χ0) is 10.2. The van der Waals surface area contributed by atoms with Gasteiger partial charge in [0.2, 0.25) is 0 Å². The van der Waals surface area contributed by atoms with Gasteiger partial charge in [-0.25, -0.2) is 0 Å². The number of unbranched alkanes of at least 4 members (excludes halogenated alkanes) is 2. The first-order chi connectivity index (χ1) is 5.74. The maximum atomic E-state index is 8.99. The van der Waals surface area contributed by atoms with Crippen LogP contribution < -0.4 is 10.2 Å². The molecule has 3 heteroatoms. The summed E-state index contributed by atoms with van der Waals surface area (Å²) in [5, 5.41) is 18.0. The maximum Gasteiger partial charge on any atom is 2.00 e. The van der Waals surface area contributed by atoms with E-state index in [0.29, 0.717) is 0 Å². The van der Waals surface area contributed by atoms with E-state index in [4.69, 9.17) is 10.2 Å². The summed E-state index contributed by atoms with van der Waals surface area (Å²) in [7, 11) is 0. The van der Waals surface area contributed by atoms with Crippen molar-refractivity contribution in [3.8, 4) is 0 Å². The van der Waals surface area contributed by atoms with Crippen molar-refractivity contribution in [3.05, 3.63) is 13.8 Å². The molecule has 0 N–H and O–H groups in total. The van der Waals surface area contributed by atoms with E-state index in [1.807, 2.05) is 0 Å². The Labute approximate surface area is 101 Å². The first-order valence-electron chi connectivity index (χ1n) is 4.49. The Bertz CT molecular complexity index is 28.4. The molecule has 13 heavy (non-hydrogen) atoms. The Morgan fingerprint density at radius 1 is 0.846 bits per heavy atom. The molecular formula is C10H22O2Sn. The molecule has 4 radical (unpaired) electrons. The number of hydrogen-bond acceptors (Lipinski definition) is 2. The average Bonchev–Trinajstić information content (AvgIpc) is 2.18. The number of hydrogen-bond donors (Lipinski definition) is 0. The van der Waals surface area contributed by atoms with Crippen LogP contribution in [0.4, 0.5) is 0 Å². The second kappa shape index (κ2) is 38.7. The third kappa shape index (κ3) is 106. The molecule has 0 fully saturated rings. The van der Waals surface area contributed by atoms with Crippen LogP contribution in [0.15, 0.2) is 0 Å². The molecule has 0 aromatic carbocycles. The minimum Gasteiger partial charge on any atom is -0.855 e. The third-order valence-corrected chi connectivity index (χ3v) is 0.790. The van der Waals surface area contributed by atoms with Gasteiger partial charge >= 0.3 is 23.9 Å². The summed E-state index contributed by atoms with van der Waals surface area (Å²) in [6.45, 7) is 10.5. The summed E-state index contributed by atoms with van der Waals surface area (Å²) >= 11 is 0. The molecule has 0 bridgehead atoms. The van der Waals surface area contributed by atoms with Gasteiger partial charge < -0.3 is 10.2 Å². The van der Waals surface area contributed by atoms with Crippen LogP contribution in [0, 0.1) is 13.8 Å². The Morgan fingerprint density at radius 2 is 1.00 bits per heavy atom. The topological polar surface area (TPSA) is 46.1 Å². The van der Waals surface area contributed by atoms with E-state index in [1.54, 1.807) is 0 Å². The van der Waals surface area contributed by atoms with Crippen molar-refractivity contribution in [3.63, 3.8) is 0 Å². The molecule has 78 valence electrons. The molecule has 0 amide bonds. The van der Waals surface area contributed by atoms with Gasteiger partial charge in [-0.05, 0) is 0 Å². The fourth-order valence-electron chi connectivity index (χ4n) is 0. The largest absolute Gasteiger partial charge is 2.00 e. The van der Waals surface area contributed by atoms with Crippen molar-refractivity contribution < 1.29 is 10.2 Å². The minimum absolute atomic E-state index is 0. The molecule has 0 heterocycles. The SMILES string of the molecule is [CH2]CCC.[CH2]CCC.[O-]CC[O-].[Sn+2]. The third-order valence-electron chi connectivity index (χ3n) is 0.790. The normalized spacial score (nSPS) is 6.92. The molecule has 0 aliphatic rings.